The van der Waals surface area contributed by atoms with E-state index in [4.69, 9.17) is 16.3 Å². The Hall–Kier alpha value is -1.93. The quantitative estimate of drug-likeness (QED) is 0.736. The number of amides is 1. The second-order valence-corrected chi connectivity index (χ2v) is 10.7. The molecule has 5 fully saturated rings. The molecule has 2 saturated heterocycles. The van der Waals surface area contributed by atoms with Crippen molar-refractivity contribution >= 4 is 39.8 Å². The molecule has 7 rings (SSSR count). The van der Waals surface area contributed by atoms with Crippen LogP contribution in [0.25, 0.3) is 10.8 Å². The Morgan fingerprint density at radius 2 is 1.94 bits per heavy atom. The third-order valence-corrected chi connectivity index (χ3v) is 8.58. The lowest BCUT2D eigenvalue weighted by Gasteiger charge is -2.59. The molecular weight excluding hydrogens is 428 g/mol. The summed E-state index contributed by atoms with van der Waals surface area (Å²) in [5.74, 6) is 1.49. The maximum atomic E-state index is 12.6. The summed E-state index contributed by atoms with van der Waals surface area (Å²) < 4.78 is 5.52. The van der Waals surface area contributed by atoms with Crippen molar-refractivity contribution in [2.45, 2.75) is 37.8 Å². The highest BCUT2D eigenvalue weighted by molar-refractivity contribution is 6.34. The van der Waals surface area contributed by atoms with Gasteiger partial charge in [-0.05, 0) is 55.7 Å². The number of piperazine rings is 1. The van der Waals surface area contributed by atoms with Crippen LogP contribution in [0.15, 0.2) is 24.4 Å². The predicted octanol–water partition coefficient (Wildman–Crippen LogP) is 2.90. The molecule has 7 nitrogen and oxygen atoms in total. The van der Waals surface area contributed by atoms with Gasteiger partial charge in [-0.25, -0.2) is 4.98 Å². The number of halogens is 1. The third-order valence-electron chi connectivity index (χ3n) is 8.28. The summed E-state index contributed by atoms with van der Waals surface area (Å²) in [5, 5.41) is 16.1. The van der Waals surface area contributed by atoms with Gasteiger partial charge in [0.15, 0.2) is 0 Å². The van der Waals surface area contributed by atoms with Crippen molar-refractivity contribution in [3.63, 3.8) is 0 Å². The fourth-order valence-electron chi connectivity index (χ4n) is 5.88. The molecule has 2 bridgehead atoms. The fourth-order valence-corrected chi connectivity index (χ4v) is 6.17. The molecule has 2 N–H and O–H groups in total. The van der Waals surface area contributed by atoms with Crippen LogP contribution in [0, 0.1) is 11.3 Å². The number of hydrogen-bond acceptors (Lipinski definition) is 6. The molecule has 0 spiro atoms. The van der Waals surface area contributed by atoms with Crippen LogP contribution in [0.5, 0.6) is 0 Å². The fraction of sp³-hybridized carbons (Fsp3) is 0.583. The molecule has 5 aliphatic rings. The predicted molar refractivity (Wildman–Crippen MR) is 124 cm³/mol. The van der Waals surface area contributed by atoms with Gasteiger partial charge in [-0.3, -0.25) is 9.69 Å². The van der Waals surface area contributed by atoms with Gasteiger partial charge < -0.3 is 20.1 Å². The van der Waals surface area contributed by atoms with Crippen molar-refractivity contribution in [2.75, 3.05) is 49.6 Å². The number of rotatable bonds is 4. The van der Waals surface area contributed by atoms with Crippen LogP contribution in [0.4, 0.5) is 11.5 Å². The number of fused-ring (bicyclic) bond motifs is 1. The van der Waals surface area contributed by atoms with Crippen molar-refractivity contribution < 1.29 is 14.6 Å². The van der Waals surface area contributed by atoms with E-state index in [1.54, 1.807) is 6.20 Å². The van der Waals surface area contributed by atoms with Crippen LogP contribution in [0.3, 0.4) is 0 Å². The van der Waals surface area contributed by atoms with Crippen LogP contribution in [0.1, 0.15) is 26.2 Å². The molecule has 3 saturated carbocycles. The van der Waals surface area contributed by atoms with Crippen LogP contribution < -0.4 is 10.2 Å². The average molecular weight is 457 g/mol. The molecule has 1 aromatic heterocycles. The minimum Gasteiger partial charge on any atom is -0.389 e. The number of aliphatic hydroxyl groups excluding tert-OH is 1. The standard InChI is InChI=1S/C24H29ClN4O3/c1-23(14-32-13-20(23)30)29-4-2-28(3-5-29)19-7-16-8-21(26-12-17(16)6-18(19)25)27-22(31)24-9-15(10-24)11-24/h6-8,12,15,20,30H,2-5,9-11,13-14H2,1H3,(H,26,27,31)/t15?,20-,23+,24?/m0/s1. The Morgan fingerprint density at radius 3 is 2.56 bits per heavy atom. The summed E-state index contributed by atoms with van der Waals surface area (Å²) in [4.78, 5) is 21.7. The molecule has 0 radical (unpaired) electrons. The Labute approximate surface area is 192 Å². The maximum Gasteiger partial charge on any atom is 0.231 e. The number of anilines is 2. The topological polar surface area (TPSA) is 77.9 Å². The normalized spacial score (nSPS) is 34.3. The first-order valence-electron chi connectivity index (χ1n) is 11.5. The first kappa shape index (κ1) is 20.7. The Balaban J connectivity index is 1.19. The van der Waals surface area contributed by atoms with E-state index in [0.717, 1.165) is 67.8 Å². The number of aromatic nitrogens is 1. The molecule has 2 aromatic rings. The summed E-state index contributed by atoms with van der Waals surface area (Å²) in [7, 11) is 0. The van der Waals surface area contributed by atoms with Gasteiger partial charge in [-0.15, -0.1) is 0 Å². The van der Waals surface area contributed by atoms with Crippen molar-refractivity contribution in [1.29, 1.82) is 0 Å². The van der Waals surface area contributed by atoms with E-state index < -0.39 is 6.10 Å². The molecule has 3 heterocycles. The lowest BCUT2D eigenvalue weighted by molar-refractivity contribution is -0.158. The first-order chi connectivity index (χ1) is 15.4. The molecule has 2 atom stereocenters. The van der Waals surface area contributed by atoms with Crippen LogP contribution in [0.2, 0.25) is 5.02 Å². The first-order valence-corrected chi connectivity index (χ1v) is 11.9. The maximum absolute atomic E-state index is 12.6. The minimum atomic E-state index is -0.454. The van der Waals surface area contributed by atoms with E-state index in [0.29, 0.717) is 24.1 Å². The smallest absolute Gasteiger partial charge is 0.231 e. The number of hydrogen-bond donors (Lipinski definition) is 2. The number of nitrogens with one attached hydrogen (secondary N) is 1. The Kier molecular flexibility index (Phi) is 4.70. The van der Waals surface area contributed by atoms with Crippen LogP contribution in [-0.2, 0) is 9.53 Å². The second kappa shape index (κ2) is 7.29. The zero-order valence-corrected chi connectivity index (χ0v) is 19.1. The number of pyridine rings is 1. The number of carbonyl (C=O) groups is 1. The number of carbonyl (C=O) groups excluding carboxylic acids is 1. The molecule has 2 aliphatic heterocycles. The van der Waals surface area contributed by atoms with Gasteiger partial charge in [0, 0.05) is 37.8 Å². The molecule has 1 amide bonds. The van der Waals surface area contributed by atoms with Crippen molar-refractivity contribution in [3.8, 4) is 0 Å². The third kappa shape index (κ3) is 3.13. The van der Waals surface area contributed by atoms with E-state index in [1.807, 2.05) is 12.1 Å². The molecule has 1 aromatic carbocycles. The molecule has 170 valence electrons. The minimum absolute atomic E-state index is 0.115. The summed E-state index contributed by atoms with van der Waals surface area (Å²) in [5.41, 5.74) is 0.550. The van der Waals surface area contributed by atoms with E-state index in [2.05, 4.69) is 33.1 Å². The van der Waals surface area contributed by atoms with Gasteiger partial charge in [0.05, 0.1) is 41.0 Å². The summed E-state index contributed by atoms with van der Waals surface area (Å²) in [6.07, 6.45) is 4.41. The van der Waals surface area contributed by atoms with Crippen molar-refractivity contribution in [1.82, 2.24) is 9.88 Å². The van der Waals surface area contributed by atoms with Crippen LogP contribution >= 0.6 is 11.6 Å². The van der Waals surface area contributed by atoms with Crippen molar-refractivity contribution in [2.24, 2.45) is 11.3 Å². The summed E-state index contributed by atoms with van der Waals surface area (Å²) in [6.45, 7) is 6.38. The van der Waals surface area contributed by atoms with E-state index in [-0.39, 0.29) is 16.9 Å². The van der Waals surface area contributed by atoms with E-state index in [1.165, 1.54) is 0 Å². The highest BCUT2D eigenvalue weighted by atomic mass is 35.5. The number of ether oxygens (including phenoxy) is 1. The SMILES string of the molecule is C[C@@]1(N2CCN(c3cc4cc(NC(=O)C56CC(C5)C6)ncc4cc3Cl)CC2)COC[C@@H]1O. The second-order valence-electron chi connectivity index (χ2n) is 10.3. The highest BCUT2D eigenvalue weighted by Crippen LogP contribution is 2.64. The zero-order valence-electron chi connectivity index (χ0n) is 18.3. The number of nitrogens with zero attached hydrogens (tertiary/aromatic N) is 3. The molecule has 32 heavy (non-hydrogen) atoms. The molecule has 3 aliphatic carbocycles. The van der Waals surface area contributed by atoms with Gasteiger partial charge in [0.25, 0.3) is 0 Å². The molecule has 0 unspecified atom stereocenters. The van der Waals surface area contributed by atoms with Crippen LogP contribution in [-0.4, -0.2) is 71.9 Å². The van der Waals surface area contributed by atoms with Gasteiger partial charge in [0.1, 0.15) is 5.82 Å². The summed E-state index contributed by atoms with van der Waals surface area (Å²) in [6, 6.07) is 6.00. The van der Waals surface area contributed by atoms with Gasteiger partial charge in [0.2, 0.25) is 5.91 Å². The average Bonchev–Trinajstić information content (AvgIpc) is 3.05. The van der Waals surface area contributed by atoms with Gasteiger partial charge in [-0.1, -0.05) is 11.6 Å². The largest absolute Gasteiger partial charge is 0.389 e. The number of aliphatic hydroxyl groups is 1. The Morgan fingerprint density at radius 1 is 1.19 bits per heavy atom. The van der Waals surface area contributed by atoms with E-state index >= 15 is 0 Å². The highest BCUT2D eigenvalue weighted by Gasteiger charge is 2.61. The van der Waals surface area contributed by atoms with E-state index in [9.17, 15) is 9.90 Å². The summed E-state index contributed by atoms with van der Waals surface area (Å²) >= 11 is 6.65. The lowest BCUT2D eigenvalue weighted by Crippen LogP contribution is -2.60. The molecule has 8 heteroatoms. The van der Waals surface area contributed by atoms with Gasteiger partial charge >= 0.3 is 0 Å². The molecular formula is C24H29ClN4O3. The number of benzene rings is 1. The monoisotopic (exact) mass is 456 g/mol. The Bertz CT molecular complexity index is 1070. The van der Waals surface area contributed by atoms with Crippen molar-refractivity contribution in [3.05, 3.63) is 29.4 Å². The van der Waals surface area contributed by atoms with Gasteiger partial charge in [-0.2, -0.15) is 0 Å². The zero-order chi connectivity index (χ0) is 22.1. The lowest BCUT2D eigenvalue weighted by atomic mass is 9.44.